The molecule has 0 aromatic heterocycles. The molecule has 0 heterocycles. The minimum atomic E-state index is -0.666. The van der Waals surface area contributed by atoms with Crippen LogP contribution in [0.4, 0.5) is 0 Å². The van der Waals surface area contributed by atoms with Crippen molar-refractivity contribution in [3.8, 4) is 0 Å². The van der Waals surface area contributed by atoms with Crippen LogP contribution in [0.3, 0.4) is 0 Å². The summed E-state index contributed by atoms with van der Waals surface area (Å²) >= 11 is 0. The molecule has 88 heavy (non-hydrogen) atoms. The number of aliphatic hydroxyl groups excluding tert-OH is 2. The highest BCUT2D eigenvalue weighted by Gasteiger charge is 2.20. The van der Waals surface area contributed by atoms with Crippen LogP contribution in [-0.4, -0.2) is 47.4 Å². The molecule has 6 nitrogen and oxygen atoms in total. The van der Waals surface area contributed by atoms with E-state index in [-0.39, 0.29) is 18.5 Å². The molecule has 0 aromatic rings. The molecule has 0 saturated heterocycles. The summed E-state index contributed by atoms with van der Waals surface area (Å²) in [6, 6.07) is -0.543. The Morgan fingerprint density at radius 3 is 0.875 bits per heavy atom. The van der Waals surface area contributed by atoms with Gasteiger partial charge in [0.1, 0.15) is 0 Å². The van der Waals surface area contributed by atoms with Gasteiger partial charge in [-0.2, -0.15) is 0 Å². The second-order valence-electron chi connectivity index (χ2n) is 27.7. The average Bonchev–Trinajstić information content (AvgIpc) is 3.58. The van der Waals surface area contributed by atoms with Gasteiger partial charge in [-0.1, -0.05) is 391 Å². The smallest absolute Gasteiger partial charge is 0.305 e. The van der Waals surface area contributed by atoms with Gasteiger partial charge < -0.3 is 20.3 Å². The van der Waals surface area contributed by atoms with E-state index in [9.17, 15) is 19.8 Å². The summed E-state index contributed by atoms with van der Waals surface area (Å²) in [6.45, 7) is 4.99. The van der Waals surface area contributed by atoms with Gasteiger partial charge >= 0.3 is 5.97 Å². The Balaban J connectivity index is 3.39. The van der Waals surface area contributed by atoms with Crippen molar-refractivity contribution in [3.05, 3.63) is 36.5 Å². The van der Waals surface area contributed by atoms with Crippen LogP contribution in [0.5, 0.6) is 0 Å². The number of unbranched alkanes of at least 4 members (excludes halogenated alkanes) is 59. The van der Waals surface area contributed by atoms with Gasteiger partial charge in [-0.25, -0.2) is 0 Å². The number of rotatable bonds is 76. The molecule has 2 atom stereocenters. The average molecular weight is 1240 g/mol. The number of nitrogens with one attached hydrogen (secondary N) is 1. The highest BCUT2D eigenvalue weighted by Crippen LogP contribution is 2.20. The Hall–Kier alpha value is -1.92. The maximum Gasteiger partial charge on any atom is 0.305 e. The normalized spacial score (nSPS) is 12.6. The first kappa shape index (κ1) is 86.1. The minimum Gasteiger partial charge on any atom is -0.466 e. The number of carbonyl (C=O) groups excluding carboxylic acids is 2. The van der Waals surface area contributed by atoms with E-state index in [0.717, 1.165) is 51.4 Å². The molecule has 0 aromatic carbocycles. The van der Waals surface area contributed by atoms with Gasteiger partial charge in [-0.15, -0.1) is 0 Å². The molecule has 2 unspecified atom stereocenters. The van der Waals surface area contributed by atoms with E-state index in [0.29, 0.717) is 25.9 Å². The van der Waals surface area contributed by atoms with Gasteiger partial charge in [0, 0.05) is 12.8 Å². The van der Waals surface area contributed by atoms with Crippen molar-refractivity contribution in [1.82, 2.24) is 5.32 Å². The van der Waals surface area contributed by atoms with E-state index in [2.05, 4.69) is 55.6 Å². The molecule has 0 spiro atoms. The van der Waals surface area contributed by atoms with Gasteiger partial charge in [-0.05, 0) is 83.5 Å². The third kappa shape index (κ3) is 73.1. The van der Waals surface area contributed by atoms with Crippen LogP contribution in [0.15, 0.2) is 36.5 Å². The Kier molecular flexibility index (Phi) is 75.8. The number of hydrogen-bond donors (Lipinski definition) is 3. The lowest BCUT2D eigenvalue weighted by atomic mass is 10.0. The molecule has 0 aliphatic rings. The summed E-state index contributed by atoms with van der Waals surface area (Å²) in [5.74, 6) is -0.0184. The number of amides is 1. The lowest BCUT2D eigenvalue weighted by Crippen LogP contribution is -2.45. The first-order valence-corrected chi connectivity index (χ1v) is 40.2. The minimum absolute atomic E-state index is 0.0107. The topological polar surface area (TPSA) is 95.9 Å². The lowest BCUT2D eigenvalue weighted by molar-refractivity contribution is -0.143. The van der Waals surface area contributed by atoms with Gasteiger partial charge in [0.25, 0.3) is 0 Å². The zero-order valence-corrected chi connectivity index (χ0v) is 59.7. The number of aliphatic hydroxyl groups is 2. The van der Waals surface area contributed by atoms with Gasteiger partial charge in [0.15, 0.2) is 0 Å². The molecular formula is C82H157NO5. The Morgan fingerprint density at radius 1 is 0.318 bits per heavy atom. The van der Waals surface area contributed by atoms with Gasteiger partial charge in [0.2, 0.25) is 5.91 Å². The summed E-state index contributed by atoms with van der Waals surface area (Å²) in [4.78, 5) is 24.7. The van der Waals surface area contributed by atoms with Crippen LogP contribution in [0.25, 0.3) is 0 Å². The molecule has 0 fully saturated rings. The van der Waals surface area contributed by atoms with Crippen LogP contribution in [0, 0.1) is 0 Å². The number of hydrogen-bond acceptors (Lipinski definition) is 5. The van der Waals surface area contributed by atoms with E-state index in [1.54, 1.807) is 0 Å². The first-order chi connectivity index (χ1) is 43.5. The van der Waals surface area contributed by atoms with Gasteiger partial charge in [-0.3, -0.25) is 9.59 Å². The van der Waals surface area contributed by atoms with Crippen molar-refractivity contribution >= 4 is 11.9 Å². The fourth-order valence-corrected chi connectivity index (χ4v) is 12.8. The SMILES string of the molecule is CCCCCCCC/C=C\CCCCCCCCCC(=O)OCCCCCCCCCCC/C=C\C/C=C\CCCCCCCCCCCCCCCCCC(=O)NC(CO)C(O)CCCCCCCCCCCCCCCCCCCCCCCCC. The molecule has 6 heteroatoms. The van der Waals surface area contributed by atoms with Crippen molar-refractivity contribution in [3.63, 3.8) is 0 Å². The van der Waals surface area contributed by atoms with Crippen LogP contribution in [0.1, 0.15) is 450 Å². The van der Waals surface area contributed by atoms with Crippen molar-refractivity contribution < 1.29 is 24.5 Å². The Morgan fingerprint density at radius 2 is 0.568 bits per heavy atom. The Bertz CT molecular complexity index is 1430. The van der Waals surface area contributed by atoms with Crippen LogP contribution >= 0.6 is 0 Å². The summed E-state index contributed by atoms with van der Waals surface area (Å²) in [5, 5.41) is 23.5. The predicted octanol–water partition coefficient (Wildman–Crippen LogP) is 26.6. The Labute approximate surface area is 551 Å². The van der Waals surface area contributed by atoms with E-state index in [1.165, 1.54) is 366 Å². The maximum absolute atomic E-state index is 12.6. The molecular weight excluding hydrogens is 1080 g/mol. The molecule has 3 N–H and O–H groups in total. The fraction of sp³-hybridized carbons (Fsp3) is 0.902. The quantitative estimate of drug-likeness (QED) is 0.0320. The second-order valence-corrected chi connectivity index (χ2v) is 27.7. The van der Waals surface area contributed by atoms with E-state index < -0.39 is 12.1 Å². The second kappa shape index (κ2) is 77.5. The fourth-order valence-electron chi connectivity index (χ4n) is 12.8. The van der Waals surface area contributed by atoms with Crippen molar-refractivity contribution in [1.29, 1.82) is 0 Å². The predicted molar refractivity (Wildman–Crippen MR) is 389 cm³/mol. The standard InChI is InChI=1S/C82H157NO5/c1-3-5-7-9-11-13-15-17-19-21-22-23-33-36-39-43-46-50-54-58-62-66-70-74-80(85)79(78-84)83-81(86)75-71-67-63-59-55-51-47-44-40-37-34-31-29-27-25-24-26-28-30-32-35-38-41-45-49-53-57-61-65-69-73-77-88-82(87)76-72-68-64-60-56-52-48-42-20-18-16-14-12-10-8-6-4-2/h18,20,26,28,32,35,79-80,84-85H,3-17,19,21-25,27,29-31,33-34,36-78H2,1-2H3,(H,83,86)/b20-18-,28-26-,35-32-. The molecule has 520 valence electrons. The highest BCUT2D eigenvalue weighted by atomic mass is 16.5. The van der Waals surface area contributed by atoms with E-state index in [4.69, 9.17) is 4.74 Å². The molecule has 0 saturated carbocycles. The number of allylic oxidation sites excluding steroid dienone is 6. The van der Waals surface area contributed by atoms with Crippen molar-refractivity contribution in [2.75, 3.05) is 13.2 Å². The third-order valence-corrected chi connectivity index (χ3v) is 18.9. The summed E-state index contributed by atoms with van der Waals surface area (Å²) < 4.78 is 5.50. The molecule has 0 aliphatic carbocycles. The monoisotopic (exact) mass is 1240 g/mol. The maximum atomic E-state index is 12.6. The number of ether oxygens (including phenoxy) is 1. The zero-order chi connectivity index (χ0) is 63.5. The third-order valence-electron chi connectivity index (χ3n) is 18.9. The van der Waals surface area contributed by atoms with E-state index >= 15 is 0 Å². The lowest BCUT2D eigenvalue weighted by Gasteiger charge is -2.22. The van der Waals surface area contributed by atoms with Crippen LogP contribution in [-0.2, 0) is 14.3 Å². The highest BCUT2D eigenvalue weighted by molar-refractivity contribution is 5.76. The van der Waals surface area contributed by atoms with Gasteiger partial charge in [0.05, 0.1) is 25.4 Å². The summed E-state index contributed by atoms with van der Waals surface area (Å²) in [6.07, 6.45) is 101. The molecule has 0 rings (SSSR count). The van der Waals surface area contributed by atoms with Crippen LogP contribution < -0.4 is 5.32 Å². The van der Waals surface area contributed by atoms with Crippen LogP contribution in [0.2, 0.25) is 0 Å². The number of carbonyl (C=O) groups is 2. The van der Waals surface area contributed by atoms with Crippen molar-refractivity contribution in [2.45, 2.75) is 463 Å². The zero-order valence-electron chi connectivity index (χ0n) is 59.7. The molecule has 0 aliphatic heterocycles. The summed E-state index contributed by atoms with van der Waals surface area (Å²) in [7, 11) is 0. The molecule has 1 amide bonds. The summed E-state index contributed by atoms with van der Waals surface area (Å²) in [5.41, 5.74) is 0. The molecule has 0 bridgehead atoms. The largest absolute Gasteiger partial charge is 0.466 e. The first-order valence-electron chi connectivity index (χ1n) is 40.2. The molecule has 0 radical (unpaired) electrons. The van der Waals surface area contributed by atoms with Crippen molar-refractivity contribution in [2.24, 2.45) is 0 Å². The van der Waals surface area contributed by atoms with E-state index in [1.807, 2.05) is 0 Å². The number of esters is 1.